The molecule has 1 saturated heterocycles. The van der Waals surface area contributed by atoms with E-state index in [2.05, 4.69) is 15.4 Å². The summed E-state index contributed by atoms with van der Waals surface area (Å²) in [5.74, 6) is -0.371. The number of hydrogen-bond donors (Lipinski definition) is 2. The molecule has 0 aliphatic carbocycles. The van der Waals surface area contributed by atoms with Gasteiger partial charge in [0, 0.05) is 10.9 Å². The molecule has 1 aliphatic rings. The number of hydrogen-bond acceptors (Lipinski definition) is 4. The summed E-state index contributed by atoms with van der Waals surface area (Å²) in [7, 11) is 0. The maximum Gasteiger partial charge on any atom is 0.387 e. The molecule has 0 atom stereocenters. The Morgan fingerprint density at radius 1 is 1.53 bits per heavy atom. The molecule has 0 unspecified atom stereocenters. The lowest BCUT2D eigenvalue weighted by Crippen LogP contribution is -2.42. The largest absolute Gasteiger partial charge is 0.433 e. The molecule has 7 heteroatoms. The predicted octanol–water partition coefficient (Wildman–Crippen LogP) is 2.14. The molecule has 0 aromatic carbocycles. The molecule has 19 heavy (non-hydrogen) atoms. The van der Waals surface area contributed by atoms with Gasteiger partial charge in [-0.15, -0.1) is 11.3 Å². The minimum absolute atomic E-state index is 0.0380. The summed E-state index contributed by atoms with van der Waals surface area (Å²) in [5, 5.41) is 6.07. The van der Waals surface area contributed by atoms with E-state index in [1.807, 2.05) is 0 Å². The number of carbonyl (C=O) groups is 1. The molecular formula is C12H16F2N2O2S. The van der Waals surface area contributed by atoms with Crippen molar-refractivity contribution in [3.8, 4) is 5.75 Å². The predicted molar refractivity (Wildman–Crippen MR) is 69.0 cm³/mol. The molecule has 2 heterocycles. The highest BCUT2D eigenvalue weighted by molar-refractivity contribution is 7.14. The number of rotatable bonds is 4. The second-order valence-corrected chi connectivity index (χ2v) is 5.68. The molecule has 1 aromatic heterocycles. The molecular weight excluding hydrogens is 274 g/mol. The minimum Gasteiger partial charge on any atom is -0.433 e. The first-order valence-electron chi connectivity index (χ1n) is 6.13. The summed E-state index contributed by atoms with van der Waals surface area (Å²) < 4.78 is 28.9. The van der Waals surface area contributed by atoms with E-state index in [9.17, 15) is 13.6 Å². The van der Waals surface area contributed by atoms with Crippen LogP contribution < -0.4 is 15.4 Å². The standard InChI is InChI=1S/C12H16F2N2O2S/c1-7-6-9(18-12(13)14)10(19-7)11(17)16-8-2-4-15-5-3-8/h6,8,12,15H,2-5H2,1H3,(H,16,17). The zero-order valence-corrected chi connectivity index (χ0v) is 11.4. The van der Waals surface area contributed by atoms with Crippen molar-refractivity contribution in [3.63, 3.8) is 0 Å². The van der Waals surface area contributed by atoms with Crippen LogP contribution in [0.2, 0.25) is 0 Å². The Bertz CT molecular complexity index is 445. The summed E-state index contributed by atoms with van der Waals surface area (Å²) in [6, 6.07) is 1.56. The Hall–Kier alpha value is -1.21. The summed E-state index contributed by atoms with van der Waals surface area (Å²) in [6.07, 6.45) is 1.70. The Morgan fingerprint density at radius 2 is 2.21 bits per heavy atom. The summed E-state index contributed by atoms with van der Waals surface area (Å²) in [5.41, 5.74) is 0. The molecule has 0 radical (unpaired) electrons. The first kappa shape index (κ1) is 14.2. The van der Waals surface area contributed by atoms with Crippen molar-refractivity contribution in [1.29, 1.82) is 0 Å². The van der Waals surface area contributed by atoms with Crippen molar-refractivity contribution >= 4 is 17.2 Å². The normalized spacial score (nSPS) is 16.6. The highest BCUT2D eigenvalue weighted by atomic mass is 32.1. The number of thiophene rings is 1. The number of halogens is 2. The maximum absolute atomic E-state index is 12.3. The van der Waals surface area contributed by atoms with Gasteiger partial charge in [0.25, 0.3) is 5.91 Å². The fourth-order valence-electron chi connectivity index (χ4n) is 2.05. The van der Waals surface area contributed by atoms with Crippen LogP contribution in [-0.4, -0.2) is 31.7 Å². The summed E-state index contributed by atoms with van der Waals surface area (Å²) >= 11 is 1.17. The molecule has 1 amide bonds. The number of nitrogens with one attached hydrogen (secondary N) is 2. The van der Waals surface area contributed by atoms with Crippen LogP contribution in [-0.2, 0) is 0 Å². The van der Waals surface area contributed by atoms with Gasteiger partial charge in [-0.2, -0.15) is 8.78 Å². The van der Waals surface area contributed by atoms with E-state index >= 15 is 0 Å². The van der Waals surface area contributed by atoms with Gasteiger partial charge in [-0.1, -0.05) is 0 Å². The van der Waals surface area contributed by atoms with E-state index in [0.29, 0.717) is 0 Å². The average Bonchev–Trinajstić information content (AvgIpc) is 2.70. The zero-order valence-electron chi connectivity index (χ0n) is 10.5. The molecule has 2 rings (SSSR count). The number of amides is 1. The van der Waals surface area contributed by atoms with Gasteiger partial charge in [0.2, 0.25) is 0 Å². The Kier molecular flexibility index (Phi) is 4.71. The molecule has 1 aromatic rings. The third kappa shape index (κ3) is 3.87. The van der Waals surface area contributed by atoms with Crippen LogP contribution in [0.15, 0.2) is 6.07 Å². The van der Waals surface area contributed by atoms with Gasteiger partial charge in [-0.25, -0.2) is 0 Å². The number of ether oxygens (including phenoxy) is 1. The molecule has 4 nitrogen and oxygen atoms in total. The van der Waals surface area contributed by atoms with E-state index in [-0.39, 0.29) is 22.6 Å². The topological polar surface area (TPSA) is 50.4 Å². The molecule has 0 saturated carbocycles. The van der Waals surface area contributed by atoms with Crippen LogP contribution >= 0.6 is 11.3 Å². The highest BCUT2D eigenvalue weighted by Gasteiger charge is 2.22. The van der Waals surface area contributed by atoms with E-state index in [4.69, 9.17) is 0 Å². The van der Waals surface area contributed by atoms with Crippen LogP contribution in [0.4, 0.5) is 8.78 Å². The van der Waals surface area contributed by atoms with Gasteiger partial charge >= 0.3 is 6.61 Å². The zero-order chi connectivity index (χ0) is 13.8. The number of piperidine rings is 1. The van der Waals surface area contributed by atoms with E-state index in [1.54, 1.807) is 6.92 Å². The SMILES string of the molecule is Cc1cc(OC(F)F)c(C(=O)NC2CCNCC2)s1. The van der Waals surface area contributed by atoms with Gasteiger partial charge < -0.3 is 15.4 Å². The van der Waals surface area contributed by atoms with Gasteiger partial charge in [0.1, 0.15) is 10.6 Å². The number of carbonyl (C=O) groups excluding carboxylic acids is 1. The Labute approximate surface area is 114 Å². The van der Waals surface area contributed by atoms with Crippen molar-refractivity contribution < 1.29 is 18.3 Å². The molecule has 1 fully saturated rings. The Morgan fingerprint density at radius 3 is 2.84 bits per heavy atom. The molecule has 2 N–H and O–H groups in total. The van der Waals surface area contributed by atoms with Gasteiger partial charge in [0.05, 0.1) is 0 Å². The average molecular weight is 290 g/mol. The Balaban J connectivity index is 2.05. The van der Waals surface area contributed by atoms with Gasteiger partial charge in [-0.05, 0) is 38.9 Å². The third-order valence-corrected chi connectivity index (χ3v) is 3.95. The van der Waals surface area contributed by atoms with Crippen molar-refractivity contribution in [3.05, 3.63) is 15.8 Å². The second-order valence-electron chi connectivity index (χ2n) is 4.43. The molecule has 0 bridgehead atoms. The van der Waals surface area contributed by atoms with Gasteiger partial charge in [-0.3, -0.25) is 4.79 Å². The van der Waals surface area contributed by atoms with Crippen molar-refractivity contribution in [2.24, 2.45) is 0 Å². The van der Waals surface area contributed by atoms with E-state index in [0.717, 1.165) is 30.8 Å². The van der Waals surface area contributed by atoms with Gasteiger partial charge in [0.15, 0.2) is 0 Å². The monoisotopic (exact) mass is 290 g/mol. The highest BCUT2D eigenvalue weighted by Crippen LogP contribution is 2.30. The fourth-order valence-corrected chi connectivity index (χ4v) is 2.90. The molecule has 106 valence electrons. The van der Waals surface area contributed by atoms with Crippen LogP contribution in [0.25, 0.3) is 0 Å². The van der Waals surface area contributed by atoms with Crippen molar-refractivity contribution in [2.75, 3.05) is 13.1 Å². The lowest BCUT2D eigenvalue weighted by Gasteiger charge is -2.23. The van der Waals surface area contributed by atoms with Crippen molar-refractivity contribution in [2.45, 2.75) is 32.4 Å². The van der Waals surface area contributed by atoms with Crippen LogP contribution in [0.3, 0.4) is 0 Å². The smallest absolute Gasteiger partial charge is 0.387 e. The lowest BCUT2D eigenvalue weighted by molar-refractivity contribution is -0.0498. The minimum atomic E-state index is -2.92. The first-order valence-corrected chi connectivity index (χ1v) is 6.94. The maximum atomic E-state index is 12.3. The second kappa shape index (κ2) is 6.29. The fraction of sp³-hybridized carbons (Fsp3) is 0.583. The number of alkyl halides is 2. The van der Waals surface area contributed by atoms with E-state index < -0.39 is 6.61 Å². The third-order valence-electron chi connectivity index (χ3n) is 2.92. The molecule has 1 aliphatic heterocycles. The summed E-state index contributed by atoms with van der Waals surface area (Å²) in [4.78, 5) is 13.1. The first-order chi connectivity index (χ1) is 9.06. The van der Waals surface area contributed by atoms with Crippen molar-refractivity contribution in [1.82, 2.24) is 10.6 Å². The van der Waals surface area contributed by atoms with Crippen LogP contribution in [0, 0.1) is 6.92 Å². The van der Waals surface area contributed by atoms with E-state index in [1.165, 1.54) is 17.4 Å². The quantitative estimate of drug-likeness (QED) is 0.893. The lowest BCUT2D eigenvalue weighted by atomic mass is 10.1. The molecule has 0 spiro atoms. The summed E-state index contributed by atoms with van der Waals surface area (Å²) in [6.45, 7) is 0.549. The number of aryl methyl sites for hydroxylation is 1. The van der Waals surface area contributed by atoms with Crippen LogP contribution in [0.1, 0.15) is 27.4 Å². The van der Waals surface area contributed by atoms with Crippen LogP contribution in [0.5, 0.6) is 5.75 Å².